The van der Waals surface area contributed by atoms with E-state index in [4.69, 9.17) is 0 Å². The second kappa shape index (κ2) is 0. The van der Waals surface area contributed by atoms with Crippen LogP contribution in [0.5, 0.6) is 0 Å². The minimum absolute atomic E-state index is 0. The van der Waals surface area contributed by atoms with Crippen LogP contribution in [0, 0.1) is 0 Å². The summed E-state index contributed by atoms with van der Waals surface area (Å²) in [6, 6.07) is 0. The molecule has 0 aromatic rings. The van der Waals surface area contributed by atoms with E-state index in [1.54, 1.807) is 0 Å². The van der Waals surface area contributed by atoms with E-state index >= 15 is 0 Å². The van der Waals surface area contributed by atoms with E-state index in [9.17, 15) is 0 Å². The van der Waals surface area contributed by atoms with Crippen LogP contribution < -0.4 is 0 Å². The van der Waals surface area contributed by atoms with Crippen molar-refractivity contribution in [1.29, 1.82) is 0 Å². The van der Waals surface area contributed by atoms with Gasteiger partial charge in [-0.1, -0.05) is 49.0 Å². The molecule has 0 aliphatic carbocycles. The van der Waals surface area contributed by atoms with Crippen molar-refractivity contribution in [3.05, 3.63) is 0 Å². The molecule has 0 heteroatoms. The zero-order valence-electron chi connectivity index (χ0n) is 6.00. The number of rotatable bonds is 0. The fourth-order valence-electron chi connectivity index (χ4n) is 0. The van der Waals surface area contributed by atoms with E-state index in [2.05, 4.69) is 0 Å². The SMILES string of the molecule is C.CC.CC.CC. The molecule has 7 heavy (non-hydrogen) atoms. The van der Waals surface area contributed by atoms with Crippen LogP contribution in [0.2, 0.25) is 0 Å². The first-order chi connectivity index (χ1) is 3.00. The first-order valence-corrected chi connectivity index (χ1v) is 3.00. The van der Waals surface area contributed by atoms with Gasteiger partial charge in [0.05, 0.1) is 0 Å². The summed E-state index contributed by atoms with van der Waals surface area (Å²) in [5.74, 6) is 0. The molecule has 0 bridgehead atoms. The molecule has 0 heterocycles. The van der Waals surface area contributed by atoms with Crippen LogP contribution in [0.15, 0.2) is 0 Å². The average molecular weight is 106 g/mol. The normalized spacial score (nSPS) is 2.57. The molecule has 0 atom stereocenters. The van der Waals surface area contributed by atoms with Crippen LogP contribution in [0.3, 0.4) is 0 Å². The third-order valence-electron chi connectivity index (χ3n) is 0. The van der Waals surface area contributed by atoms with Crippen LogP contribution in [-0.2, 0) is 0 Å². The average Bonchev–Trinajstić information content (AvgIpc) is 1.81. The van der Waals surface area contributed by atoms with Crippen molar-refractivity contribution < 1.29 is 0 Å². The predicted octanol–water partition coefficient (Wildman–Crippen LogP) is 3.71. The molecule has 0 spiro atoms. The van der Waals surface area contributed by atoms with Crippen LogP contribution in [0.1, 0.15) is 49.0 Å². The van der Waals surface area contributed by atoms with Gasteiger partial charge in [0, 0.05) is 0 Å². The van der Waals surface area contributed by atoms with E-state index in [-0.39, 0.29) is 7.43 Å². The summed E-state index contributed by atoms with van der Waals surface area (Å²) in [5, 5.41) is 0. The lowest BCUT2D eigenvalue weighted by atomic mass is 11.0. The highest BCUT2D eigenvalue weighted by atomic mass is 13.0. The van der Waals surface area contributed by atoms with Crippen LogP contribution >= 0.6 is 0 Å². The summed E-state index contributed by atoms with van der Waals surface area (Å²) < 4.78 is 0. The topological polar surface area (TPSA) is 0 Å². The summed E-state index contributed by atoms with van der Waals surface area (Å²) in [7, 11) is 0. The van der Waals surface area contributed by atoms with Gasteiger partial charge in [-0.15, -0.1) is 0 Å². The van der Waals surface area contributed by atoms with E-state index < -0.39 is 0 Å². The Bertz CT molecular complexity index is 0. The van der Waals surface area contributed by atoms with E-state index in [0.717, 1.165) is 0 Å². The standard InChI is InChI=1S/3C2H6.CH4/c3*1-2;/h3*1-2H3;1H4. The highest BCUT2D eigenvalue weighted by Gasteiger charge is 0.936. The minimum Gasteiger partial charge on any atom is -0.0776 e. The van der Waals surface area contributed by atoms with Gasteiger partial charge in [0.2, 0.25) is 0 Å². The van der Waals surface area contributed by atoms with Gasteiger partial charge in [0.1, 0.15) is 0 Å². The van der Waals surface area contributed by atoms with Crippen molar-refractivity contribution in [3.63, 3.8) is 0 Å². The second-order valence-electron chi connectivity index (χ2n) is 0. The maximum Gasteiger partial charge on any atom is -0.0683 e. The predicted molar refractivity (Wildman–Crippen MR) is 40.8 cm³/mol. The molecule has 0 aromatic carbocycles. The molecular formula is C7H22. The summed E-state index contributed by atoms with van der Waals surface area (Å²) in [6.45, 7) is 12.0. The summed E-state index contributed by atoms with van der Waals surface area (Å²) in [4.78, 5) is 0. The molecule has 0 aromatic heterocycles. The third kappa shape index (κ3) is 0. The zero-order chi connectivity index (χ0) is 6.00. The first-order valence-electron chi connectivity index (χ1n) is 3.00. The highest BCUT2D eigenvalue weighted by Crippen LogP contribution is 1.15. The van der Waals surface area contributed by atoms with Crippen LogP contribution in [-0.4, -0.2) is 0 Å². The van der Waals surface area contributed by atoms with Crippen LogP contribution in [0.4, 0.5) is 0 Å². The Morgan fingerprint density at radius 1 is 0.429 bits per heavy atom. The second-order valence-corrected chi connectivity index (χ2v) is 0. The van der Waals surface area contributed by atoms with Gasteiger partial charge in [0.25, 0.3) is 0 Å². The maximum absolute atomic E-state index is 2.00. The maximum atomic E-state index is 2.00. The molecule has 0 saturated heterocycles. The lowest BCUT2D eigenvalue weighted by Crippen LogP contribution is -0.856. The first kappa shape index (κ1) is 28.0. The molecule has 0 amide bonds. The molecule has 0 N–H and O–H groups in total. The van der Waals surface area contributed by atoms with Crippen LogP contribution in [0.25, 0.3) is 0 Å². The molecule has 0 radical (unpaired) electrons. The third-order valence-corrected chi connectivity index (χ3v) is 0. The van der Waals surface area contributed by atoms with Gasteiger partial charge in [-0.25, -0.2) is 0 Å². The molecule has 0 aliphatic rings. The quantitative estimate of drug-likeness (QED) is 0.441. The van der Waals surface area contributed by atoms with Gasteiger partial charge in [0.15, 0.2) is 0 Å². The largest absolute Gasteiger partial charge is 0.0776 e. The zero-order valence-corrected chi connectivity index (χ0v) is 6.00. The summed E-state index contributed by atoms with van der Waals surface area (Å²) in [5.41, 5.74) is 0. The van der Waals surface area contributed by atoms with Crippen molar-refractivity contribution >= 4 is 0 Å². The Hall–Kier alpha value is 0. The van der Waals surface area contributed by atoms with Gasteiger partial charge < -0.3 is 0 Å². The Morgan fingerprint density at radius 3 is 0.429 bits per heavy atom. The summed E-state index contributed by atoms with van der Waals surface area (Å²) >= 11 is 0. The fourth-order valence-corrected chi connectivity index (χ4v) is 0. The lowest BCUT2D eigenvalue weighted by molar-refractivity contribution is 1.50. The van der Waals surface area contributed by atoms with Crippen molar-refractivity contribution in [2.75, 3.05) is 0 Å². The number of hydrogen-bond acceptors (Lipinski definition) is 0. The molecule has 0 rings (SSSR count). The van der Waals surface area contributed by atoms with E-state index in [1.165, 1.54) is 0 Å². The highest BCUT2D eigenvalue weighted by molar-refractivity contribution is 3.51. The van der Waals surface area contributed by atoms with Crippen molar-refractivity contribution in [2.45, 2.75) is 49.0 Å². The van der Waals surface area contributed by atoms with Gasteiger partial charge in [-0.2, -0.15) is 0 Å². The van der Waals surface area contributed by atoms with E-state index in [0.29, 0.717) is 0 Å². The van der Waals surface area contributed by atoms with Crippen molar-refractivity contribution in [2.24, 2.45) is 0 Å². The minimum atomic E-state index is 0. The molecule has 0 saturated carbocycles. The molecule has 50 valence electrons. The Balaban J connectivity index is -0.00000000900. The molecular weight excluding hydrogens is 84.1 g/mol. The molecule has 0 nitrogen and oxygen atoms in total. The fraction of sp³-hybridized carbons (Fsp3) is 1.00. The lowest BCUT2D eigenvalue weighted by Gasteiger charge is -1.07. The Morgan fingerprint density at radius 2 is 0.429 bits per heavy atom. The Labute approximate surface area is 49.9 Å². The van der Waals surface area contributed by atoms with Gasteiger partial charge in [-0.3, -0.25) is 0 Å². The van der Waals surface area contributed by atoms with Gasteiger partial charge in [-0.05, 0) is 0 Å². The smallest absolute Gasteiger partial charge is 0.0683 e. The summed E-state index contributed by atoms with van der Waals surface area (Å²) in [6.07, 6.45) is 0. The Kier molecular flexibility index (Phi) is 0. The van der Waals surface area contributed by atoms with Crippen molar-refractivity contribution in [3.8, 4) is 0 Å². The monoisotopic (exact) mass is 106 g/mol. The van der Waals surface area contributed by atoms with E-state index in [1.807, 2.05) is 41.5 Å². The van der Waals surface area contributed by atoms with Crippen molar-refractivity contribution in [1.82, 2.24) is 0 Å². The molecule has 0 fully saturated rings. The van der Waals surface area contributed by atoms with Gasteiger partial charge >= 0.3 is 0 Å². The number of hydrogen-bond donors (Lipinski definition) is 0. The molecule has 0 unspecified atom stereocenters. The molecule has 0 aliphatic heterocycles.